The summed E-state index contributed by atoms with van der Waals surface area (Å²) in [5.74, 6) is -0.548. The van der Waals surface area contributed by atoms with E-state index in [0.717, 1.165) is 41.9 Å². The fourth-order valence-electron chi connectivity index (χ4n) is 3.76. The summed E-state index contributed by atoms with van der Waals surface area (Å²) in [6, 6.07) is 14.6. The third-order valence-electron chi connectivity index (χ3n) is 5.44. The molecule has 0 amide bonds. The molecular weight excluding hydrogens is 358 g/mol. The predicted octanol–water partition coefficient (Wildman–Crippen LogP) is 4.51. The number of pyridine rings is 1. The van der Waals surface area contributed by atoms with Gasteiger partial charge < -0.3 is 5.11 Å². The average Bonchev–Trinajstić information content (AvgIpc) is 2.71. The molecule has 4 rings (SSSR count). The van der Waals surface area contributed by atoms with Crippen molar-refractivity contribution in [3.8, 4) is 11.1 Å². The fraction of sp³-hybridized carbons (Fsp3) is 0.261. The van der Waals surface area contributed by atoms with Gasteiger partial charge in [-0.15, -0.1) is 0 Å². The zero-order chi connectivity index (χ0) is 19.6. The van der Waals surface area contributed by atoms with Gasteiger partial charge in [-0.1, -0.05) is 24.3 Å². The number of piperidine rings is 1. The fourth-order valence-corrected chi connectivity index (χ4v) is 3.76. The molecule has 1 saturated heterocycles. The van der Waals surface area contributed by atoms with Gasteiger partial charge in [-0.05, 0) is 59.9 Å². The maximum Gasteiger partial charge on any atom is 0.123 e. The minimum Gasteiger partial charge on any atom is -0.385 e. The number of hydrogen-bond donors (Lipinski definition) is 1. The lowest BCUT2D eigenvalue weighted by Crippen LogP contribution is -2.42. The lowest BCUT2D eigenvalue weighted by atomic mass is 9.84. The summed E-state index contributed by atoms with van der Waals surface area (Å²) in [5, 5.41) is 10.9. The van der Waals surface area contributed by atoms with E-state index in [-0.39, 0.29) is 11.6 Å². The smallest absolute Gasteiger partial charge is 0.123 e. The molecule has 0 bridgehead atoms. The first-order valence-corrected chi connectivity index (χ1v) is 9.42. The van der Waals surface area contributed by atoms with E-state index in [1.54, 1.807) is 30.5 Å². The minimum atomic E-state index is -0.904. The van der Waals surface area contributed by atoms with Gasteiger partial charge in [-0.3, -0.25) is 9.88 Å². The SMILES string of the molecule is OC1(c2ccc(F)cc2)CCN(Cc2cncc(-c3ccc(F)cc3)c2)CC1. The Balaban J connectivity index is 1.42. The third kappa shape index (κ3) is 4.11. The van der Waals surface area contributed by atoms with Gasteiger partial charge >= 0.3 is 0 Å². The third-order valence-corrected chi connectivity index (χ3v) is 5.44. The molecule has 1 aliphatic rings. The van der Waals surface area contributed by atoms with Crippen molar-refractivity contribution in [2.24, 2.45) is 0 Å². The summed E-state index contributed by atoms with van der Waals surface area (Å²) in [6.45, 7) is 2.23. The molecule has 1 fully saturated rings. The number of aromatic nitrogens is 1. The molecule has 0 saturated carbocycles. The summed E-state index contributed by atoms with van der Waals surface area (Å²) in [4.78, 5) is 6.61. The summed E-state index contributed by atoms with van der Waals surface area (Å²) < 4.78 is 26.3. The molecule has 3 nitrogen and oxygen atoms in total. The normalized spacial score (nSPS) is 16.8. The molecule has 3 aromatic rings. The van der Waals surface area contributed by atoms with Crippen LogP contribution in [0.2, 0.25) is 0 Å². The number of benzene rings is 2. The van der Waals surface area contributed by atoms with Crippen molar-refractivity contribution >= 4 is 0 Å². The zero-order valence-corrected chi connectivity index (χ0v) is 15.5. The molecule has 1 aromatic heterocycles. The van der Waals surface area contributed by atoms with Crippen molar-refractivity contribution in [1.82, 2.24) is 9.88 Å². The van der Waals surface area contributed by atoms with Crippen molar-refractivity contribution in [2.75, 3.05) is 13.1 Å². The Morgan fingerprint density at radius 3 is 2.11 bits per heavy atom. The van der Waals surface area contributed by atoms with Gasteiger partial charge in [0.1, 0.15) is 11.6 Å². The molecular formula is C23H22F2N2O. The van der Waals surface area contributed by atoms with Crippen molar-refractivity contribution in [1.29, 1.82) is 0 Å². The Morgan fingerprint density at radius 2 is 1.46 bits per heavy atom. The van der Waals surface area contributed by atoms with Crippen molar-refractivity contribution in [2.45, 2.75) is 25.0 Å². The molecule has 1 N–H and O–H groups in total. The molecule has 0 spiro atoms. The van der Waals surface area contributed by atoms with Gasteiger partial charge in [0.15, 0.2) is 0 Å². The van der Waals surface area contributed by atoms with Gasteiger partial charge in [0.25, 0.3) is 0 Å². The standard InChI is InChI=1S/C23H22F2N2O/c24-21-5-1-18(2-6-21)19-13-17(14-26-15-19)16-27-11-9-23(28,10-12-27)20-3-7-22(25)8-4-20/h1-8,13-15,28H,9-12,16H2. The van der Waals surface area contributed by atoms with Crippen LogP contribution in [-0.4, -0.2) is 28.1 Å². The number of rotatable bonds is 4. The summed E-state index contributed by atoms with van der Waals surface area (Å²) in [7, 11) is 0. The summed E-state index contributed by atoms with van der Waals surface area (Å²) in [5.41, 5.74) is 2.83. The Kier molecular flexibility index (Phi) is 5.20. The predicted molar refractivity (Wildman–Crippen MR) is 104 cm³/mol. The Morgan fingerprint density at radius 1 is 0.857 bits per heavy atom. The van der Waals surface area contributed by atoms with E-state index in [4.69, 9.17) is 0 Å². The number of hydrogen-bond acceptors (Lipinski definition) is 3. The Hall–Kier alpha value is -2.63. The van der Waals surface area contributed by atoms with Crippen LogP contribution < -0.4 is 0 Å². The van der Waals surface area contributed by atoms with E-state index >= 15 is 0 Å². The number of aliphatic hydroxyl groups is 1. The van der Waals surface area contributed by atoms with Gasteiger partial charge in [0, 0.05) is 37.6 Å². The number of likely N-dealkylation sites (tertiary alicyclic amines) is 1. The van der Waals surface area contributed by atoms with E-state index in [2.05, 4.69) is 16.0 Å². The van der Waals surface area contributed by atoms with Crippen LogP contribution in [0.1, 0.15) is 24.0 Å². The highest BCUT2D eigenvalue weighted by atomic mass is 19.1. The number of halogens is 2. The van der Waals surface area contributed by atoms with Gasteiger partial charge in [-0.25, -0.2) is 8.78 Å². The van der Waals surface area contributed by atoms with Gasteiger partial charge in [0.05, 0.1) is 5.60 Å². The molecule has 5 heteroatoms. The monoisotopic (exact) mass is 380 g/mol. The molecule has 2 heterocycles. The molecule has 0 atom stereocenters. The maximum atomic E-state index is 13.1. The first-order valence-electron chi connectivity index (χ1n) is 9.42. The van der Waals surface area contributed by atoms with E-state index < -0.39 is 5.60 Å². The van der Waals surface area contributed by atoms with Crippen molar-refractivity contribution in [3.63, 3.8) is 0 Å². The average molecular weight is 380 g/mol. The molecule has 144 valence electrons. The van der Waals surface area contributed by atoms with Crippen LogP contribution in [0.3, 0.4) is 0 Å². The highest BCUT2D eigenvalue weighted by molar-refractivity contribution is 5.62. The first-order chi connectivity index (χ1) is 13.5. The molecule has 2 aromatic carbocycles. The van der Waals surface area contributed by atoms with E-state index in [1.165, 1.54) is 24.3 Å². The highest BCUT2D eigenvalue weighted by Gasteiger charge is 2.33. The Labute approximate surface area is 163 Å². The minimum absolute atomic E-state index is 0.255. The van der Waals surface area contributed by atoms with Crippen molar-refractivity contribution < 1.29 is 13.9 Å². The van der Waals surface area contributed by atoms with E-state index in [9.17, 15) is 13.9 Å². The second-order valence-electron chi connectivity index (χ2n) is 7.40. The highest BCUT2D eigenvalue weighted by Crippen LogP contribution is 2.33. The first kappa shape index (κ1) is 18.7. The zero-order valence-electron chi connectivity index (χ0n) is 15.5. The van der Waals surface area contributed by atoms with Crippen LogP contribution >= 0.6 is 0 Å². The van der Waals surface area contributed by atoms with E-state index in [1.807, 2.05) is 6.20 Å². The van der Waals surface area contributed by atoms with Gasteiger partial charge in [-0.2, -0.15) is 0 Å². The second kappa shape index (κ2) is 7.78. The molecule has 0 radical (unpaired) electrons. The lowest BCUT2D eigenvalue weighted by Gasteiger charge is -2.38. The largest absolute Gasteiger partial charge is 0.385 e. The quantitative estimate of drug-likeness (QED) is 0.723. The summed E-state index contributed by atoms with van der Waals surface area (Å²) >= 11 is 0. The van der Waals surface area contributed by atoms with Crippen LogP contribution in [-0.2, 0) is 12.1 Å². The van der Waals surface area contributed by atoms with Crippen LogP contribution in [0.15, 0.2) is 67.0 Å². The summed E-state index contributed by atoms with van der Waals surface area (Å²) in [6.07, 6.45) is 4.82. The molecule has 0 aliphatic carbocycles. The lowest BCUT2D eigenvalue weighted by molar-refractivity contribution is -0.0277. The van der Waals surface area contributed by atoms with Gasteiger partial charge in [0.2, 0.25) is 0 Å². The molecule has 0 unspecified atom stereocenters. The maximum absolute atomic E-state index is 13.1. The van der Waals surface area contributed by atoms with Crippen LogP contribution in [0.4, 0.5) is 8.78 Å². The van der Waals surface area contributed by atoms with E-state index in [0.29, 0.717) is 12.8 Å². The van der Waals surface area contributed by atoms with Crippen LogP contribution in [0.5, 0.6) is 0 Å². The molecule has 1 aliphatic heterocycles. The molecule has 28 heavy (non-hydrogen) atoms. The number of nitrogens with zero attached hydrogens (tertiary/aromatic N) is 2. The second-order valence-corrected chi connectivity index (χ2v) is 7.40. The van der Waals surface area contributed by atoms with Crippen LogP contribution in [0.25, 0.3) is 11.1 Å². The topological polar surface area (TPSA) is 36.4 Å². The van der Waals surface area contributed by atoms with Crippen LogP contribution in [0, 0.1) is 11.6 Å². The Bertz CT molecular complexity index is 934. The van der Waals surface area contributed by atoms with Crippen molar-refractivity contribution in [3.05, 3.63) is 89.8 Å².